The van der Waals surface area contributed by atoms with E-state index in [0.717, 1.165) is 17.1 Å². The summed E-state index contributed by atoms with van der Waals surface area (Å²) in [6.07, 6.45) is 0. The Morgan fingerprint density at radius 1 is 0.345 bits per heavy atom. The van der Waals surface area contributed by atoms with Gasteiger partial charge in [-0.05, 0) is 89.0 Å². The fourth-order valence-corrected chi connectivity index (χ4v) is 10.9. The fraction of sp³-hybridized carbons (Fsp3) is 0. The van der Waals surface area contributed by atoms with Gasteiger partial charge in [-0.2, -0.15) is 0 Å². The van der Waals surface area contributed by atoms with Crippen molar-refractivity contribution >= 4 is 103 Å². The lowest BCUT2D eigenvalue weighted by Gasteiger charge is -2.28. The summed E-state index contributed by atoms with van der Waals surface area (Å²) in [6, 6.07) is 73.7. The number of nitrogens with zero attached hydrogens (tertiary/aromatic N) is 3. The number of thiophene rings is 1. The Morgan fingerprint density at radius 3 is 1.83 bits per heavy atom. The SMILES string of the molecule is c1ccc(-c2cccc(-c3cc4c5ccccc5n5c6cccc(N(c7ccccc7)c7ccc8c(c7)sc7ccccc78)c6n6c7ccccc7c3c6c45)c2)cc1. The summed E-state index contributed by atoms with van der Waals surface area (Å²) in [4.78, 5) is 2.46. The van der Waals surface area contributed by atoms with Crippen LogP contribution in [0.1, 0.15) is 0 Å². The molecule has 3 nitrogen and oxygen atoms in total. The molecule has 13 rings (SSSR count). The van der Waals surface area contributed by atoms with Crippen molar-refractivity contribution in [3.8, 4) is 22.3 Å². The van der Waals surface area contributed by atoms with Gasteiger partial charge < -0.3 is 13.7 Å². The van der Waals surface area contributed by atoms with Crippen molar-refractivity contribution < 1.29 is 0 Å². The van der Waals surface area contributed by atoms with E-state index < -0.39 is 0 Å². The van der Waals surface area contributed by atoms with Gasteiger partial charge >= 0.3 is 0 Å². The molecule has 13 aromatic rings. The highest BCUT2D eigenvalue weighted by Crippen LogP contribution is 2.49. The predicted molar refractivity (Wildman–Crippen MR) is 248 cm³/mol. The van der Waals surface area contributed by atoms with Crippen molar-refractivity contribution in [2.24, 2.45) is 0 Å². The molecule has 4 aromatic heterocycles. The summed E-state index contributed by atoms with van der Waals surface area (Å²) >= 11 is 1.86. The zero-order valence-corrected chi connectivity index (χ0v) is 32.1. The van der Waals surface area contributed by atoms with Gasteiger partial charge in [0.05, 0.1) is 38.8 Å². The lowest BCUT2D eigenvalue weighted by Crippen LogP contribution is -2.12. The number of aromatic nitrogens is 2. The maximum atomic E-state index is 2.58. The van der Waals surface area contributed by atoms with E-state index in [0.29, 0.717) is 0 Å². The van der Waals surface area contributed by atoms with Gasteiger partial charge in [0.2, 0.25) is 0 Å². The highest BCUT2D eigenvalue weighted by Gasteiger charge is 2.27. The molecule has 58 heavy (non-hydrogen) atoms. The predicted octanol–water partition coefficient (Wildman–Crippen LogP) is 15.4. The molecule has 0 spiro atoms. The lowest BCUT2D eigenvalue weighted by molar-refractivity contribution is 1.22. The molecule has 0 aliphatic carbocycles. The molecule has 270 valence electrons. The maximum absolute atomic E-state index is 2.58. The number of hydrogen-bond donors (Lipinski definition) is 0. The first-order valence-corrected chi connectivity index (χ1v) is 20.7. The molecule has 0 unspecified atom stereocenters. The van der Waals surface area contributed by atoms with Crippen LogP contribution in [0.4, 0.5) is 17.1 Å². The van der Waals surface area contributed by atoms with Gasteiger partial charge in [-0.1, -0.05) is 133 Å². The minimum Gasteiger partial charge on any atom is -0.308 e. The summed E-state index contributed by atoms with van der Waals surface area (Å²) in [5.74, 6) is 0. The van der Waals surface area contributed by atoms with E-state index >= 15 is 0 Å². The first kappa shape index (κ1) is 31.8. The third-order valence-electron chi connectivity index (χ3n) is 12.2. The van der Waals surface area contributed by atoms with Crippen LogP contribution >= 0.6 is 11.3 Å². The van der Waals surface area contributed by atoms with E-state index in [1.807, 2.05) is 11.3 Å². The van der Waals surface area contributed by atoms with Crippen molar-refractivity contribution in [3.05, 3.63) is 200 Å². The molecule has 0 fully saturated rings. The van der Waals surface area contributed by atoms with Crippen LogP contribution in [0.5, 0.6) is 0 Å². The van der Waals surface area contributed by atoms with Gasteiger partial charge in [-0.3, -0.25) is 0 Å². The monoisotopic (exact) mass is 755 g/mol. The second-order valence-corrected chi connectivity index (χ2v) is 16.4. The number of rotatable bonds is 5. The van der Waals surface area contributed by atoms with Gasteiger partial charge in [-0.15, -0.1) is 11.3 Å². The second kappa shape index (κ2) is 12.1. The molecule has 0 atom stereocenters. The van der Waals surface area contributed by atoms with Crippen LogP contribution in [0.15, 0.2) is 200 Å². The Hall–Kier alpha value is -7.40. The smallest absolute Gasteiger partial charge is 0.0947 e. The molecule has 4 heteroatoms. The third-order valence-corrected chi connectivity index (χ3v) is 13.3. The third kappa shape index (κ3) is 4.38. The van der Waals surface area contributed by atoms with Crippen molar-refractivity contribution in [1.82, 2.24) is 8.80 Å². The van der Waals surface area contributed by atoms with E-state index in [1.165, 1.54) is 97.1 Å². The summed E-state index contributed by atoms with van der Waals surface area (Å²) in [5, 5.41) is 7.64. The quantitative estimate of drug-likeness (QED) is 0.159. The minimum atomic E-state index is 1.11. The average Bonchev–Trinajstić information content (AvgIpc) is 3.95. The largest absolute Gasteiger partial charge is 0.308 e. The molecule has 9 aromatic carbocycles. The molecule has 0 bridgehead atoms. The summed E-state index contributed by atoms with van der Waals surface area (Å²) < 4.78 is 7.70. The van der Waals surface area contributed by atoms with Gasteiger partial charge in [0.1, 0.15) is 0 Å². The average molecular weight is 756 g/mol. The van der Waals surface area contributed by atoms with E-state index in [4.69, 9.17) is 0 Å². The second-order valence-electron chi connectivity index (χ2n) is 15.3. The minimum absolute atomic E-state index is 1.11. The van der Waals surface area contributed by atoms with E-state index in [-0.39, 0.29) is 0 Å². The number of fused-ring (bicyclic) bond motifs is 12. The lowest BCUT2D eigenvalue weighted by atomic mass is 9.94. The normalized spacial score (nSPS) is 12.1. The van der Waals surface area contributed by atoms with Crippen molar-refractivity contribution in [1.29, 1.82) is 0 Å². The standard InChI is InChI=1S/C54H33N3S/c1-3-15-34(16-4-1)35-17-13-18-36(31-35)43-33-44-39-21-7-10-24-45(39)56-48-27-14-26-47(53(48)57-46-25-11-8-23-42(46)51(43)54(57)52(44)56)55(37-19-5-2-6-20-37)38-29-30-41-40-22-9-12-28-49(40)58-50(41)32-38/h1-33H. The van der Waals surface area contributed by atoms with Crippen molar-refractivity contribution in [2.45, 2.75) is 0 Å². The molecule has 0 aliphatic heterocycles. The van der Waals surface area contributed by atoms with Gasteiger partial charge in [0, 0.05) is 53.1 Å². The molecule has 0 N–H and O–H groups in total. The Kier molecular flexibility index (Phi) is 6.60. The van der Waals surface area contributed by atoms with E-state index in [1.54, 1.807) is 0 Å². The molecule has 4 heterocycles. The van der Waals surface area contributed by atoms with Crippen LogP contribution in [0.3, 0.4) is 0 Å². The van der Waals surface area contributed by atoms with Gasteiger partial charge in [0.25, 0.3) is 0 Å². The maximum Gasteiger partial charge on any atom is 0.0947 e. The number of anilines is 3. The molecule has 0 saturated carbocycles. The van der Waals surface area contributed by atoms with Crippen LogP contribution in [0.2, 0.25) is 0 Å². The molecular weight excluding hydrogens is 723 g/mol. The van der Waals surface area contributed by atoms with Crippen LogP contribution in [-0.4, -0.2) is 8.80 Å². The summed E-state index contributed by atoms with van der Waals surface area (Å²) in [5.41, 5.74) is 15.5. The highest BCUT2D eigenvalue weighted by molar-refractivity contribution is 7.25. The number of hydrogen-bond acceptors (Lipinski definition) is 2. The molecule has 0 amide bonds. The van der Waals surface area contributed by atoms with Crippen LogP contribution in [0, 0.1) is 0 Å². The van der Waals surface area contributed by atoms with Crippen LogP contribution in [-0.2, 0) is 0 Å². The molecule has 0 aliphatic rings. The number of para-hydroxylation sites is 4. The van der Waals surface area contributed by atoms with Gasteiger partial charge in [0.15, 0.2) is 0 Å². The first-order chi connectivity index (χ1) is 28.8. The molecule has 0 saturated heterocycles. The highest BCUT2D eigenvalue weighted by atomic mass is 32.1. The van der Waals surface area contributed by atoms with Crippen LogP contribution < -0.4 is 4.90 Å². The summed E-state index contributed by atoms with van der Waals surface area (Å²) in [6.45, 7) is 0. The summed E-state index contributed by atoms with van der Waals surface area (Å²) in [7, 11) is 0. The van der Waals surface area contributed by atoms with Crippen molar-refractivity contribution in [3.63, 3.8) is 0 Å². The Bertz CT molecular complexity index is 3740. The van der Waals surface area contributed by atoms with E-state index in [2.05, 4.69) is 214 Å². The zero-order valence-electron chi connectivity index (χ0n) is 31.3. The van der Waals surface area contributed by atoms with Crippen LogP contribution in [0.25, 0.3) is 97.1 Å². The molecular formula is C54H33N3S. The first-order valence-electron chi connectivity index (χ1n) is 19.9. The van der Waals surface area contributed by atoms with E-state index in [9.17, 15) is 0 Å². The topological polar surface area (TPSA) is 12.1 Å². The number of benzene rings is 9. The molecule has 0 radical (unpaired) electrons. The fourth-order valence-electron chi connectivity index (χ4n) is 9.77. The zero-order chi connectivity index (χ0) is 37.9. The van der Waals surface area contributed by atoms with Gasteiger partial charge in [-0.25, -0.2) is 0 Å². The Morgan fingerprint density at radius 2 is 0.983 bits per heavy atom. The Labute approximate surface area is 337 Å². The Balaban J connectivity index is 1.20. The van der Waals surface area contributed by atoms with Crippen molar-refractivity contribution in [2.75, 3.05) is 4.90 Å².